The number of fused-ring (bicyclic) bond motifs is 1. The van der Waals surface area contributed by atoms with Crippen LogP contribution in [0.2, 0.25) is 0 Å². The van der Waals surface area contributed by atoms with Gasteiger partial charge in [0.2, 0.25) is 27.7 Å². The smallest absolute Gasteiger partial charge is 0.322 e. The number of carboxylic acids is 1. The third-order valence-electron chi connectivity index (χ3n) is 6.43. The van der Waals surface area contributed by atoms with Gasteiger partial charge in [-0.3, -0.25) is 29.3 Å². The molecule has 0 bridgehead atoms. The van der Waals surface area contributed by atoms with Gasteiger partial charge in [0, 0.05) is 49.1 Å². The zero-order chi connectivity index (χ0) is 32.6. The summed E-state index contributed by atoms with van der Waals surface area (Å²) in [5, 5.41) is 27.8. The summed E-state index contributed by atoms with van der Waals surface area (Å²) in [6.45, 7) is -0.0424. The second kappa shape index (κ2) is 14.4. The van der Waals surface area contributed by atoms with E-state index in [1.54, 1.807) is 24.3 Å². The van der Waals surface area contributed by atoms with Gasteiger partial charge in [-0.05, 0) is 24.6 Å². The van der Waals surface area contributed by atoms with E-state index in [1.807, 2.05) is 25.1 Å². The predicted molar refractivity (Wildman–Crippen MR) is 160 cm³/mol. The molecule has 0 saturated carbocycles. The minimum Gasteiger partial charge on any atom is -0.480 e. The van der Waals surface area contributed by atoms with Crippen LogP contribution in [0.25, 0.3) is 10.8 Å². The molecule has 0 fully saturated rings. The van der Waals surface area contributed by atoms with Crippen molar-refractivity contribution in [3.63, 3.8) is 0 Å². The number of benzene rings is 3. The van der Waals surface area contributed by atoms with Crippen molar-refractivity contribution in [3.8, 4) is 0 Å². The maximum Gasteiger partial charge on any atom is 0.322 e. The molecular weight excluding hydrogens is 596 g/mol. The average Bonchev–Trinajstić information content (AvgIpc) is 2.97. The third kappa shape index (κ3) is 8.71. The Bertz CT molecular complexity index is 1680. The largest absolute Gasteiger partial charge is 0.480 e. The van der Waals surface area contributed by atoms with Crippen molar-refractivity contribution in [1.82, 2.24) is 20.7 Å². The number of carboxylic acid groups (broad SMARTS) is 1. The monoisotopic (exact) mass is 628 g/mol. The molecule has 0 unspecified atom stereocenters. The molecule has 0 spiro atoms. The Labute approximate surface area is 252 Å². The standard InChI is InChI=1S/C28H32N6O9S/c1-17(32-44(42,43)24-9-5-6-20-21(24)7-4-8-23(20)33(2)3)27(38)29-15-25(35)31-22(28(39)30-16-26(36)37)14-18-10-12-19(13-11-18)34(40)41/h4-13,17,22,32H,14-16H2,1-3H3,(H,29,38)(H,30,39)(H,31,35)(H,36,37)/t17-,22-/m0/s1. The van der Waals surface area contributed by atoms with Gasteiger partial charge in [0.1, 0.15) is 12.6 Å². The molecule has 0 aromatic heterocycles. The number of carbonyl (C=O) groups excluding carboxylic acids is 3. The van der Waals surface area contributed by atoms with Crippen LogP contribution in [0, 0.1) is 10.1 Å². The highest BCUT2D eigenvalue weighted by atomic mass is 32.2. The summed E-state index contributed by atoms with van der Waals surface area (Å²) in [6, 6.07) is 12.7. The topological polar surface area (TPSA) is 217 Å². The molecule has 0 aliphatic carbocycles. The predicted octanol–water partition coefficient (Wildman–Crippen LogP) is 0.525. The molecule has 0 aliphatic heterocycles. The van der Waals surface area contributed by atoms with Gasteiger partial charge in [-0.2, -0.15) is 4.72 Å². The van der Waals surface area contributed by atoms with Gasteiger partial charge < -0.3 is 26.0 Å². The summed E-state index contributed by atoms with van der Waals surface area (Å²) in [7, 11) is -0.511. The lowest BCUT2D eigenvalue weighted by atomic mass is 10.0. The van der Waals surface area contributed by atoms with E-state index in [2.05, 4.69) is 20.7 Å². The molecule has 0 aliphatic rings. The Balaban J connectivity index is 1.66. The highest BCUT2D eigenvalue weighted by Gasteiger charge is 2.26. The van der Waals surface area contributed by atoms with Crippen LogP contribution in [0.3, 0.4) is 0 Å². The zero-order valence-corrected chi connectivity index (χ0v) is 24.9. The minimum absolute atomic E-state index is 0.0300. The van der Waals surface area contributed by atoms with E-state index in [4.69, 9.17) is 5.11 Å². The van der Waals surface area contributed by atoms with E-state index in [-0.39, 0.29) is 17.0 Å². The van der Waals surface area contributed by atoms with Gasteiger partial charge in [-0.15, -0.1) is 0 Å². The quantitative estimate of drug-likeness (QED) is 0.123. The Hall–Kier alpha value is -5.09. The molecular formula is C28H32N6O9S. The van der Waals surface area contributed by atoms with Crippen molar-refractivity contribution in [1.29, 1.82) is 0 Å². The molecule has 0 saturated heterocycles. The van der Waals surface area contributed by atoms with Crippen molar-refractivity contribution in [2.45, 2.75) is 30.3 Å². The molecule has 3 rings (SSSR count). The molecule has 5 N–H and O–H groups in total. The summed E-state index contributed by atoms with van der Waals surface area (Å²) >= 11 is 0. The lowest BCUT2D eigenvalue weighted by Gasteiger charge is -2.20. The normalized spacial score (nSPS) is 12.5. The highest BCUT2D eigenvalue weighted by molar-refractivity contribution is 7.89. The van der Waals surface area contributed by atoms with Gasteiger partial charge in [0.25, 0.3) is 5.69 Å². The van der Waals surface area contributed by atoms with Crippen LogP contribution in [0.4, 0.5) is 11.4 Å². The number of aliphatic carboxylic acids is 1. The van der Waals surface area contributed by atoms with Crippen molar-refractivity contribution in [3.05, 3.63) is 76.3 Å². The molecule has 0 heterocycles. The second-order valence-corrected chi connectivity index (χ2v) is 11.6. The van der Waals surface area contributed by atoms with Crippen LogP contribution in [0.1, 0.15) is 12.5 Å². The first-order chi connectivity index (χ1) is 20.7. The fourth-order valence-electron chi connectivity index (χ4n) is 4.29. The highest BCUT2D eigenvalue weighted by Crippen LogP contribution is 2.30. The number of non-ortho nitro benzene ring substituents is 1. The number of carbonyl (C=O) groups is 4. The van der Waals surface area contributed by atoms with E-state index in [0.717, 1.165) is 5.69 Å². The van der Waals surface area contributed by atoms with Crippen LogP contribution in [-0.2, 0) is 35.6 Å². The number of amides is 3. The number of rotatable bonds is 14. The van der Waals surface area contributed by atoms with Crippen LogP contribution in [-0.4, -0.2) is 81.4 Å². The van der Waals surface area contributed by atoms with Crippen molar-refractivity contribution in [2.24, 2.45) is 0 Å². The lowest BCUT2D eigenvalue weighted by molar-refractivity contribution is -0.384. The Morgan fingerprint density at radius 3 is 2.14 bits per heavy atom. The van der Waals surface area contributed by atoms with Crippen LogP contribution < -0.4 is 25.6 Å². The van der Waals surface area contributed by atoms with Crippen molar-refractivity contribution >= 4 is 55.9 Å². The first kappa shape index (κ1) is 33.4. The van der Waals surface area contributed by atoms with E-state index in [9.17, 15) is 37.7 Å². The van der Waals surface area contributed by atoms with E-state index in [0.29, 0.717) is 16.3 Å². The average molecular weight is 629 g/mol. The number of nitrogens with one attached hydrogen (secondary N) is 4. The van der Waals surface area contributed by atoms with E-state index < -0.39 is 63.8 Å². The van der Waals surface area contributed by atoms with E-state index >= 15 is 0 Å². The number of nitro benzene ring substituents is 1. The second-order valence-electron chi connectivity index (χ2n) is 9.94. The number of sulfonamides is 1. The molecule has 3 aromatic rings. The molecule has 234 valence electrons. The Kier molecular flexibility index (Phi) is 10.9. The molecule has 2 atom stereocenters. The third-order valence-corrected chi connectivity index (χ3v) is 8.03. The maximum absolute atomic E-state index is 13.2. The summed E-state index contributed by atoms with van der Waals surface area (Å²) in [4.78, 5) is 60.9. The van der Waals surface area contributed by atoms with E-state index in [1.165, 1.54) is 37.3 Å². The number of hydrogen-bond donors (Lipinski definition) is 5. The minimum atomic E-state index is -4.17. The van der Waals surface area contributed by atoms with Gasteiger partial charge >= 0.3 is 5.97 Å². The van der Waals surface area contributed by atoms with Crippen molar-refractivity contribution in [2.75, 3.05) is 32.1 Å². The molecule has 3 aromatic carbocycles. The maximum atomic E-state index is 13.2. The number of anilines is 1. The van der Waals surface area contributed by atoms with Gasteiger partial charge in [0.05, 0.1) is 22.4 Å². The first-order valence-electron chi connectivity index (χ1n) is 13.2. The molecule has 3 amide bonds. The fraction of sp³-hybridized carbons (Fsp3) is 0.286. The molecule has 16 heteroatoms. The van der Waals surface area contributed by atoms with Crippen molar-refractivity contribution < 1.29 is 37.6 Å². The van der Waals surface area contributed by atoms with Crippen LogP contribution in [0.5, 0.6) is 0 Å². The van der Waals surface area contributed by atoms with Crippen LogP contribution >= 0.6 is 0 Å². The Morgan fingerprint density at radius 2 is 1.52 bits per heavy atom. The summed E-state index contributed by atoms with van der Waals surface area (Å²) in [5.74, 6) is -3.79. The van der Waals surface area contributed by atoms with Gasteiger partial charge in [-0.1, -0.05) is 36.4 Å². The van der Waals surface area contributed by atoms with Gasteiger partial charge in [-0.25, -0.2) is 8.42 Å². The molecule has 0 radical (unpaired) electrons. The molecule has 15 nitrogen and oxygen atoms in total. The fourth-order valence-corrected chi connectivity index (χ4v) is 5.71. The summed E-state index contributed by atoms with van der Waals surface area (Å²) in [5.41, 5.74) is 1.06. The van der Waals surface area contributed by atoms with Crippen LogP contribution in [0.15, 0.2) is 65.6 Å². The van der Waals surface area contributed by atoms with Gasteiger partial charge in [0.15, 0.2) is 0 Å². The lowest BCUT2D eigenvalue weighted by Crippen LogP contribution is -2.52. The summed E-state index contributed by atoms with van der Waals surface area (Å²) in [6.07, 6.45) is -0.139. The molecule has 44 heavy (non-hydrogen) atoms. The first-order valence-corrected chi connectivity index (χ1v) is 14.7. The number of nitrogens with zero attached hydrogens (tertiary/aromatic N) is 2. The Morgan fingerprint density at radius 1 is 0.909 bits per heavy atom. The number of nitro groups is 1. The summed E-state index contributed by atoms with van der Waals surface area (Å²) < 4.78 is 28.8. The SMILES string of the molecule is C[C@H](NS(=O)(=O)c1cccc2c(N(C)C)cccc12)C(=O)NCC(=O)N[C@@H](Cc1ccc([N+](=O)[O-])cc1)C(=O)NCC(=O)O. The zero-order valence-electron chi connectivity index (χ0n) is 24.1. The number of hydrogen-bond acceptors (Lipinski definition) is 9.